The second-order valence-electron chi connectivity index (χ2n) is 4.75. The van der Waals surface area contributed by atoms with Crippen LogP contribution in [-0.2, 0) is 6.42 Å². The number of thiophene rings is 1. The molecule has 2 heterocycles. The van der Waals surface area contributed by atoms with Crippen molar-refractivity contribution in [3.05, 3.63) is 37.2 Å². The van der Waals surface area contributed by atoms with Gasteiger partial charge in [-0.25, -0.2) is 0 Å². The predicted octanol–water partition coefficient (Wildman–Crippen LogP) is 4.19. The summed E-state index contributed by atoms with van der Waals surface area (Å²) in [7, 11) is 0. The lowest BCUT2D eigenvalue weighted by molar-refractivity contribution is 0.467. The SMILES string of the molecule is CCC(C)n1ccc(CC(NN)c2cc(Br)sc2Br)n1. The lowest BCUT2D eigenvalue weighted by atomic mass is 10.1. The Balaban J connectivity index is 2.14. The fraction of sp³-hybridized carbons (Fsp3) is 0.462. The molecule has 0 amide bonds. The summed E-state index contributed by atoms with van der Waals surface area (Å²) in [4.78, 5) is 0. The van der Waals surface area contributed by atoms with Crippen molar-refractivity contribution in [3.63, 3.8) is 0 Å². The van der Waals surface area contributed by atoms with Gasteiger partial charge in [0.25, 0.3) is 0 Å². The minimum atomic E-state index is 0.0483. The van der Waals surface area contributed by atoms with E-state index < -0.39 is 0 Å². The van der Waals surface area contributed by atoms with Crippen molar-refractivity contribution in [1.82, 2.24) is 15.2 Å². The number of rotatable bonds is 6. The number of halogens is 2. The molecule has 0 saturated carbocycles. The molecular formula is C13H18Br2N4S. The molecule has 0 aliphatic heterocycles. The van der Waals surface area contributed by atoms with E-state index in [-0.39, 0.29) is 6.04 Å². The van der Waals surface area contributed by atoms with Crippen LogP contribution in [0.3, 0.4) is 0 Å². The van der Waals surface area contributed by atoms with Gasteiger partial charge in [-0.15, -0.1) is 11.3 Å². The molecule has 0 saturated heterocycles. The van der Waals surface area contributed by atoms with E-state index in [0.717, 1.165) is 31.7 Å². The highest BCUT2D eigenvalue weighted by Crippen LogP contribution is 2.36. The fourth-order valence-electron chi connectivity index (χ4n) is 1.98. The van der Waals surface area contributed by atoms with Crippen molar-refractivity contribution in [2.24, 2.45) is 5.84 Å². The normalized spacial score (nSPS) is 14.4. The number of nitrogens with one attached hydrogen (secondary N) is 1. The topological polar surface area (TPSA) is 55.9 Å². The summed E-state index contributed by atoms with van der Waals surface area (Å²) in [5, 5.41) is 4.63. The quantitative estimate of drug-likeness (QED) is 0.543. The molecule has 2 unspecified atom stereocenters. The maximum Gasteiger partial charge on any atom is 0.0758 e. The van der Waals surface area contributed by atoms with Gasteiger partial charge in [0, 0.05) is 18.7 Å². The first-order chi connectivity index (χ1) is 9.55. The smallest absolute Gasteiger partial charge is 0.0758 e. The summed E-state index contributed by atoms with van der Waals surface area (Å²) in [6.07, 6.45) is 3.88. The van der Waals surface area contributed by atoms with Crippen LogP contribution in [0.15, 0.2) is 25.9 Å². The molecule has 0 radical (unpaired) electrons. The van der Waals surface area contributed by atoms with Crippen LogP contribution >= 0.6 is 43.2 Å². The minimum Gasteiger partial charge on any atom is -0.271 e. The molecule has 110 valence electrons. The Morgan fingerprint density at radius 3 is 2.80 bits per heavy atom. The molecule has 20 heavy (non-hydrogen) atoms. The van der Waals surface area contributed by atoms with Crippen molar-refractivity contribution in [3.8, 4) is 0 Å². The van der Waals surface area contributed by atoms with Crippen molar-refractivity contribution < 1.29 is 0 Å². The molecule has 0 aromatic carbocycles. The van der Waals surface area contributed by atoms with Gasteiger partial charge in [0.2, 0.25) is 0 Å². The van der Waals surface area contributed by atoms with Gasteiger partial charge in [0.15, 0.2) is 0 Å². The van der Waals surface area contributed by atoms with Gasteiger partial charge in [-0.2, -0.15) is 5.10 Å². The Morgan fingerprint density at radius 2 is 2.25 bits per heavy atom. The third-order valence-electron chi connectivity index (χ3n) is 3.38. The van der Waals surface area contributed by atoms with Crippen LogP contribution in [0.1, 0.15) is 43.6 Å². The zero-order valence-corrected chi connectivity index (χ0v) is 15.4. The Kier molecular flexibility index (Phi) is 5.80. The van der Waals surface area contributed by atoms with Gasteiger partial charge in [0.1, 0.15) is 0 Å². The number of aromatic nitrogens is 2. The van der Waals surface area contributed by atoms with Gasteiger partial charge in [0.05, 0.1) is 19.3 Å². The summed E-state index contributed by atoms with van der Waals surface area (Å²) in [6.45, 7) is 4.33. The van der Waals surface area contributed by atoms with E-state index in [9.17, 15) is 0 Å². The molecule has 0 fully saturated rings. The van der Waals surface area contributed by atoms with Gasteiger partial charge in [-0.1, -0.05) is 6.92 Å². The lowest BCUT2D eigenvalue weighted by Crippen LogP contribution is -2.29. The van der Waals surface area contributed by atoms with Gasteiger partial charge in [-0.05, 0) is 62.9 Å². The highest BCUT2D eigenvalue weighted by Gasteiger charge is 2.18. The monoisotopic (exact) mass is 420 g/mol. The first-order valence-corrected chi connectivity index (χ1v) is 8.90. The molecule has 0 bridgehead atoms. The van der Waals surface area contributed by atoms with E-state index >= 15 is 0 Å². The van der Waals surface area contributed by atoms with E-state index in [2.05, 4.69) is 68.4 Å². The summed E-state index contributed by atoms with van der Waals surface area (Å²) in [6, 6.07) is 4.62. The highest BCUT2D eigenvalue weighted by molar-refractivity contribution is 9.12. The minimum absolute atomic E-state index is 0.0483. The van der Waals surface area contributed by atoms with Crippen LogP contribution in [0.5, 0.6) is 0 Å². The number of hydrogen-bond donors (Lipinski definition) is 2. The van der Waals surface area contributed by atoms with Gasteiger partial charge >= 0.3 is 0 Å². The zero-order valence-electron chi connectivity index (χ0n) is 11.4. The Hall–Kier alpha value is -0.210. The summed E-state index contributed by atoms with van der Waals surface area (Å²) in [5.41, 5.74) is 5.08. The van der Waals surface area contributed by atoms with Gasteiger partial charge < -0.3 is 0 Å². The van der Waals surface area contributed by atoms with Crippen LogP contribution in [0.4, 0.5) is 0 Å². The molecule has 3 N–H and O–H groups in total. The molecule has 2 atom stereocenters. The molecule has 0 aliphatic rings. The summed E-state index contributed by atoms with van der Waals surface area (Å²) >= 11 is 8.73. The number of nitrogens with two attached hydrogens (primary N) is 1. The maximum absolute atomic E-state index is 5.71. The third kappa shape index (κ3) is 3.71. The second-order valence-corrected chi connectivity index (χ2v) is 8.50. The Bertz CT molecular complexity index is 566. The molecule has 2 rings (SSSR count). The van der Waals surface area contributed by atoms with Crippen LogP contribution in [0, 0.1) is 0 Å². The van der Waals surface area contributed by atoms with Crippen molar-refractivity contribution in [2.45, 2.75) is 38.8 Å². The standard InChI is InChI=1S/C13H18Br2N4S/c1-3-8(2)19-5-4-9(18-19)6-11(17-16)10-7-12(14)20-13(10)15/h4-5,7-8,11,17H,3,6,16H2,1-2H3. The van der Waals surface area contributed by atoms with Gasteiger partial charge in [-0.3, -0.25) is 16.0 Å². The van der Waals surface area contributed by atoms with E-state index in [1.54, 1.807) is 11.3 Å². The number of nitrogens with zero attached hydrogens (tertiary/aromatic N) is 2. The average Bonchev–Trinajstić information content (AvgIpc) is 3.02. The number of hydrogen-bond acceptors (Lipinski definition) is 4. The van der Waals surface area contributed by atoms with Crippen LogP contribution in [0.2, 0.25) is 0 Å². The fourth-order valence-corrected chi connectivity index (χ4v) is 4.95. The Labute approximate surface area is 140 Å². The van der Waals surface area contributed by atoms with E-state index in [4.69, 9.17) is 5.84 Å². The van der Waals surface area contributed by atoms with E-state index in [1.165, 1.54) is 0 Å². The van der Waals surface area contributed by atoms with Crippen LogP contribution in [0.25, 0.3) is 0 Å². The lowest BCUT2D eigenvalue weighted by Gasteiger charge is -2.14. The Morgan fingerprint density at radius 1 is 1.50 bits per heavy atom. The predicted molar refractivity (Wildman–Crippen MR) is 90.7 cm³/mol. The molecule has 7 heteroatoms. The van der Waals surface area contributed by atoms with Crippen molar-refractivity contribution >= 4 is 43.2 Å². The number of hydrazine groups is 1. The van der Waals surface area contributed by atoms with E-state index in [1.807, 2.05) is 10.9 Å². The van der Waals surface area contributed by atoms with Crippen molar-refractivity contribution in [2.75, 3.05) is 0 Å². The molecule has 0 spiro atoms. The van der Waals surface area contributed by atoms with Crippen LogP contribution < -0.4 is 11.3 Å². The first kappa shape index (κ1) is 16.2. The van der Waals surface area contributed by atoms with Crippen molar-refractivity contribution in [1.29, 1.82) is 0 Å². The maximum atomic E-state index is 5.71. The summed E-state index contributed by atoms with van der Waals surface area (Å²) < 4.78 is 4.19. The van der Waals surface area contributed by atoms with E-state index in [0.29, 0.717) is 6.04 Å². The molecule has 2 aromatic heterocycles. The molecule has 4 nitrogen and oxygen atoms in total. The molecule has 0 aliphatic carbocycles. The second kappa shape index (κ2) is 7.17. The molecule has 2 aromatic rings. The first-order valence-electron chi connectivity index (χ1n) is 6.50. The highest BCUT2D eigenvalue weighted by atomic mass is 79.9. The third-order valence-corrected chi connectivity index (χ3v) is 5.76. The zero-order chi connectivity index (χ0) is 14.7. The summed E-state index contributed by atoms with van der Waals surface area (Å²) in [5.74, 6) is 5.71. The largest absolute Gasteiger partial charge is 0.271 e. The van der Waals surface area contributed by atoms with Crippen LogP contribution in [-0.4, -0.2) is 9.78 Å². The molecular weight excluding hydrogens is 404 g/mol. The average molecular weight is 422 g/mol.